The first kappa shape index (κ1) is 6.49. The van der Waals surface area contributed by atoms with Crippen LogP contribution < -0.4 is 5.32 Å². The lowest BCUT2D eigenvalue weighted by Gasteiger charge is -2.39. The Labute approximate surface area is 55.7 Å². The Kier molecular flexibility index (Phi) is 1.41. The molecule has 50 valence electrons. The minimum absolute atomic E-state index is 0.168. The van der Waals surface area contributed by atoms with Crippen LogP contribution >= 0.6 is 0 Å². The van der Waals surface area contributed by atoms with Gasteiger partial charge >= 0.3 is 0 Å². The van der Waals surface area contributed by atoms with Crippen molar-refractivity contribution in [2.75, 3.05) is 6.54 Å². The molecular weight excluding hydrogens is 112 g/mol. The molecule has 1 rings (SSSR count). The lowest BCUT2D eigenvalue weighted by atomic mass is 9.87. The van der Waals surface area contributed by atoms with Gasteiger partial charge in [-0.15, -0.1) is 0 Å². The molecule has 0 bridgehead atoms. The average Bonchev–Trinajstić information content (AvgIpc) is 1.81. The van der Waals surface area contributed by atoms with Gasteiger partial charge in [0.25, 0.3) is 0 Å². The fourth-order valence-corrected chi connectivity index (χ4v) is 0.861. The van der Waals surface area contributed by atoms with Crippen molar-refractivity contribution in [2.45, 2.75) is 19.4 Å². The Bertz CT molecular complexity index is 156. The summed E-state index contributed by atoms with van der Waals surface area (Å²) >= 11 is 0. The first-order valence-electron chi connectivity index (χ1n) is 3.07. The highest BCUT2D eigenvalue weighted by Crippen LogP contribution is 2.23. The zero-order chi connectivity index (χ0) is 6.91. The van der Waals surface area contributed by atoms with Gasteiger partial charge in [-0.25, -0.2) is 0 Å². The summed E-state index contributed by atoms with van der Waals surface area (Å²) in [5.74, 6) is 0. The van der Waals surface area contributed by atoms with Gasteiger partial charge in [0.2, 0.25) is 0 Å². The standard InChI is InChI=1S/C7H12N2/c1-7(2)6(4-8-3)5-9-7/h4,9H,3,5H2,1-2H3/b6-4-. The SMILES string of the molecule is C=N/C=C1/CNC1(C)C. The van der Waals surface area contributed by atoms with Gasteiger partial charge in [-0.1, -0.05) is 0 Å². The molecule has 1 fully saturated rings. The molecule has 1 N–H and O–H groups in total. The molecule has 0 aromatic carbocycles. The maximum absolute atomic E-state index is 3.70. The van der Waals surface area contributed by atoms with E-state index < -0.39 is 0 Å². The van der Waals surface area contributed by atoms with Crippen LogP contribution in [0.15, 0.2) is 16.8 Å². The van der Waals surface area contributed by atoms with E-state index in [4.69, 9.17) is 0 Å². The second-order valence-electron chi connectivity index (χ2n) is 2.82. The number of rotatable bonds is 1. The molecule has 0 atom stereocenters. The fourth-order valence-electron chi connectivity index (χ4n) is 0.861. The van der Waals surface area contributed by atoms with E-state index in [1.807, 2.05) is 6.20 Å². The van der Waals surface area contributed by atoms with Crippen molar-refractivity contribution < 1.29 is 0 Å². The Balaban J connectivity index is 2.65. The molecule has 0 radical (unpaired) electrons. The van der Waals surface area contributed by atoms with Gasteiger partial charge in [0, 0.05) is 18.3 Å². The van der Waals surface area contributed by atoms with Crippen molar-refractivity contribution in [1.29, 1.82) is 0 Å². The molecule has 0 amide bonds. The quantitative estimate of drug-likeness (QED) is 0.517. The molecule has 0 saturated carbocycles. The van der Waals surface area contributed by atoms with E-state index in [0.717, 1.165) is 6.54 Å². The van der Waals surface area contributed by atoms with Crippen molar-refractivity contribution in [2.24, 2.45) is 4.99 Å². The molecule has 2 nitrogen and oxygen atoms in total. The van der Waals surface area contributed by atoms with Crippen LogP contribution in [0.4, 0.5) is 0 Å². The van der Waals surface area contributed by atoms with E-state index in [1.54, 1.807) is 0 Å². The second kappa shape index (κ2) is 1.95. The highest BCUT2D eigenvalue weighted by molar-refractivity contribution is 5.32. The number of aliphatic imine (C=N–C) groups is 1. The van der Waals surface area contributed by atoms with Crippen LogP contribution in [0, 0.1) is 0 Å². The third-order valence-corrected chi connectivity index (χ3v) is 1.77. The van der Waals surface area contributed by atoms with E-state index >= 15 is 0 Å². The minimum atomic E-state index is 0.168. The molecule has 1 aliphatic rings. The third kappa shape index (κ3) is 1.03. The molecule has 1 heterocycles. The first-order valence-corrected chi connectivity index (χ1v) is 3.07. The molecule has 1 aliphatic heterocycles. The number of hydrogen-bond acceptors (Lipinski definition) is 2. The molecule has 2 heteroatoms. The summed E-state index contributed by atoms with van der Waals surface area (Å²) in [7, 11) is 0. The lowest BCUT2D eigenvalue weighted by Crippen LogP contribution is -2.54. The third-order valence-electron chi connectivity index (χ3n) is 1.77. The van der Waals surface area contributed by atoms with E-state index in [-0.39, 0.29) is 5.54 Å². The van der Waals surface area contributed by atoms with Crippen LogP contribution in [0.25, 0.3) is 0 Å². The Hall–Kier alpha value is -0.630. The van der Waals surface area contributed by atoms with Gasteiger partial charge < -0.3 is 5.32 Å². The maximum atomic E-state index is 3.70. The molecule has 1 saturated heterocycles. The largest absolute Gasteiger partial charge is 0.304 e. The van der Waals surface area contributed by atoms with Crippen LogP contribution in [0.3, 0.4) is 0 Å². The lowest BCUT2D eigenvalue weighted by molar-refractivity contribution is 0.370. The van der Waals surface area contributed by atoms with Crippen LogP contribution in [0.1, 0.15) is 13.8 Å². The van der Waals surface area contributed by atoms with Crippen LogP contribution in [0.2, 0.25) is 0 Å². The highest BCUT2D eigenvalue weighted by Gasteiger charge is 2.30. The van der Waals surface area contributed by atoms with Gasteiger partial charge in [-0.3, -0.25) is 4.99 Å². The summed E-state index contributed by atoms with van der Waals surface area (Å²) in [5.41, 5.74) is 1.50. The van der Waals surface area contributed by atoms with Crippen molar-refractivity contribution in [3.63, 3.8) is 0 Å². The zero-order valence-electron chi connectivity index (χ0n) is 5.94. The van der Waals surface area contributed by atoms with Crippen LogP contribution in [0.5, 0.6) is 0 Å². The number of nitrogens with one attached hydrogen (secondary N) is 1. The normalized spacial score (nSPS) is 27.6. The van der Waals surface area contributed by atoms with Gasteiger partial charge in [-0.2, -0.15) is 0 Å². The van der Waals surface area contributed by atoms with Gasteiger partial charge in [0.05, 0.1) is 0 Å². The smallest absolute Gasteiger partial charge is 0.0370 e. The van der Waals surface area contributed by atoms with Gasteiger partial charge in [0.1, 0.15) is 0 Å². The highest BCUT2D eigenvalue weighted by atomic mass is 15.0. The minimum Gasteiger partial charge on any atom is -0.304 e. The fraction of sp³-hybridized carbons (Fsp3) is 0.571. The number of nitrogens with zero attached hydrogens (tertiary/aromatic N) is 1. The molecule has 9 heavy (non-hydrogen) atoms. The van der Waals surface area contributed by atoms with Crippen molar-refractivity contribution in [3.8, 4) is 0 Å². The molecule has 0 aromatic heterocycles. The van der Waals surface area contributed by atoms with E-state index in [0.29, 0.717) is 0 Å². The van der Waals surface area contributed by atoms with E-state index in [9.17, 15) is 0 Å². The number of hydrogen-bond donors (Lipinski definition) is 1. The molecule has 0 spiro atoms. The van der Waals surface area contributed by atoms with Crippen LogP contribution in [-0.2, 0) is 0 Å². The van der Waals surface area contributed by atoms with Crippen molar-refractivity contribution >= 4 is 6.72 Å². The monoisotopic (exact) mass is 124 g/mol. The van der Waals surface area contributed by atoms with E-state index in [1.165, 1.54) is 5.57 Å². The summed E-state index contributed by atoms with van der Waals surface area (Å²) in [4.78, 5) is 3.70. The average molecular weight is 124 g/mol. The Morgan fingerprint density at radius 1 is 1.78 bits per heavy atom. The molecule has 0 unspecified atom stereocenters. The molecular formula is C7H12N2. The molecule has 0 aromatic rings. The summed E-state index contributed by atoms with van der Waals surface area (Å²) in [5, 5.41) is 3.26. The zero-order valence-corrected chi connectivity index (χ0v) is 5.94. The van der Waals surface area contributed by atoms with Crippen LogP contribution in [-0.4, -0.2) is 18.8 Å². The second-order valence-corrected chi connectivity index (χ2v) is 2.82. The Morgan fingerprint density at radius 3 is 2.56 bits per heavy atom. The Morgan fingerprint density at radius 2 is 2.44 bits per heavy atom. The summed E-state index contributed by atoms with van der Waals surface area (Å²) < 4.78 is 0. The first-order chi connectivity index (χ1) is 4.17. The van der Waals surface area contributed by atoms with Crippen molar-refractivity contribution in [1.82, 2.24) is 5.32 Å². The van der Waals surface area contributed by atoms with Crippen molar-refractivity contribution in [3.05, 3.63) is 11.8 Å². The summed E-state index contributed by atoms with van der Waals surface area (Å²) in [6.07, 6.45) is 1.83. The van der Waals surface area contributed by atoms with Gasteiger partial charge in [0.15, 0.2) is 0 Å². The topological polar surface area (TPSA) is 24.4 Å². The maximum Gasteiger partial charge on any atom is 0.0370 e. The predicted octanol–water partition coefficient (Wildman–Crippen LogP) is 0.953. The van der Waals surface area contributed by atoms with E-state index in [2.05, 4.69) is 30.9 Å². The van der Waals surface area contributed by atoms with Gasteiger partial charge in [-0.05, 0) is 26.1 Å². The predicted molar refractivity (Wildman–Crippen MR) is 39.7 cm³/mol. The molecule has 0 aliphatic carbocycles. The summed E-state index contributed by atoms with van der Waals surface area (Å²) in [6.45, 7) is 8.62. The summed E-state index contributed by atoms with van der Waals surface area (Å²) in [6, 6.07) is 0.